The first-order chi connectivity index (χ1) is 15.5. The summed E-state index contributed by atoms with van der Waals surface area (Å²) in [5.41, 5.74) is 7.01. The Hall–Kier alpha value is -2.98. The molecule has 10 heteroatoms. The van der Waals surface area contributed by atoms with E-state index in [4.69, 9.17) is 10.2 Å². The van der Waals surface area contributed by atoms with Crippen LogP contribution in [-0.4, -0.2) is 25.7 Å². The van der Waals surface area contributed by atoms with E-state index in [1.54, 1.807) is 29.5 Å². The molecule has 0 fully saturated rings. The summed E-state index contributed by atoms with van der Waals surface area (Å²) < 4.78 is 7.19. The van der Waals surface area contributed by atoms with Gasteiger partial charge in [0.1, 0.15) is 12.4 Å². The number of thiophene rings is 1. The number of benzene rings is 1. The van der Waals surface area contributed by atoms with Gasteiger partial charge in [-0.25, -0.2) is 4.98 Å². The van der Waals surface area contributed by atoms with Gasteiger partial charge in [-0.15, -0.1) is 21.5 Å². The maximum Gasteiger partial charge on any atom is 0.277 e. The predicted molar refractivity (Wildman–Crippen MR) is 124 cm³/mol. The van der Waals surface area contributed by atoms with Crippen LogP contribution in [-0.2, 0) is 29.9 Å². The fourth-order valence-corrected chi connectivity index (χ4v) is 5.79. The summed E-state index contributed by atoms with van der Waals surface area (Å²) in [6.07, 6.45) is 3.40. The number of primary amides is 1. The summed E-state index contributed by atoms with van der Waals surface area (Å²) in [5.74, 6) is 1.31. The number of nitrogens with two attached hydrogens (primary N) is 1. The molecule has 164 valence electrons. The lowest BCUT2D eigenvalue weighted by molar-refractivity contribution is -0.118. The van der Waals surface area contributed by atoms with Crippen molar-refractivity contribution in [2.45, 2.75) is 43.7 Å². The SMILES string of the molecule is C[C@@H]1CCc2sc(-c3nnc(SCc4nc5ccccc5c(=O)n4CC(N)=O)o3)cc2C1. The van der Waals surface area contributed by atoms with Gasteiger partial charge >= 0.3 is 0 Å². The van der Waals surface area contributed by atoms with E-state index in [9.17, 15) is 9.59 Å². The van der Waals surface area contributed by atoms with Gasteiger partial charge in [-0.05, 0) is 48.9 Å². The van der Waals surface area contributed by atoms with Crippen LogP contribution in [0.15, 0.2) is 44.8 Å². The first-order valence-electron chi connectivity index (χ1n) is 10.3. The topological polar surface area (TPSA) is 117 Å². The quantitative estimate of drug-likeness (QED) is 0.432. The first kappa shape index (κ1) is 20.9. The third-order valence-corrected chi connectivity index (χ3v) is 7.57. The van der Waals surface area contributed by atoms with Crippen molar-refractivity contribution < 1.29 is 9.21 Å². The highest BCUT2D eigenvalue weighted by Crippen LogP contribution is 2.37. The molecule has 4 aromatic rings. The van der Waals surface area contributed by atoms with E-state index in [-0.39, 0.29) is 17.9 Å². The Kier molecular flexibility index (Phi) is 5.56. The Morgan fingerprint density at radius 2 is 2.19 bits per heavy atom. The summed E-state index contributed by atoms with van der Waals surface area (Å²) in [6.45, 7) is 2.04. The minimum atomic E-state index is -0.605. The summed E-state index contributed by atoms with van der Waals surface area (Å²) in [7, 11) is 0. The molecule has 1 aliphatic carbocycles. The highest BCUT2D eigenvalue weighted by molar-refractivity contribution is 7.98. The van der Waals surface area contributed by atoms with Crippen molar-refractivity contribution in [1.29, 1.82) is 0 Å². The highest BCUT2D eigenvalue weighted by Gasteiger charge is 2.21. The maximum atomic E-state index is 12.9. The average Bonchev–Trinajstić information content (AvgIpc) is 3.41. The number of hydrogen-bond acceptors (Lipinski definition) is 8. The van der Waals surface area contributed by atoms with Crippen LogP contribution in [0.2, 0.25) is 0 Å². The second-order valence-corrected chi connectivity index (χ2v) is 10.0. The van der Waals surface area contributed by atoms with E-state index in [2.05, 4.69) is 28.2 Å². The van der Waals surface area contributed by atoms with Crippen molar-refractivity contribution in [3.63, 3.8) is 0 Å². The van der Waals surface area contributed by atoms with Gasteiger partial charge in [0.05, 0.1) is 21.5 Å². The standard InChI is InChI=1S/C22H21N5O3S2/c1-12-6-7-16-13(8-12)9-17(32-16)20-25-26-22(30-20)31-11-19-24-15-5-3-2-4-14(15)21(29)27(19)10-18(23)28/h2-5,9,12H,6-8,10-11H2,1H3,(H2,23,28)/t12-/m1/s1. The zero-order valence-electron chi connectivity index (χ0n) is 17.4. The number of carbonyl (C=O) groups excluding carboxylic acids is 1. The van der Waals surface area contributed by atoms with Crippen molar-refractivity contribution in [1.82, 2.24) is 19.7 Å². The largest absolute Gasteiger partial charge is 0.410 e. The molecule has 8 nitrogen and oxygen atoms in total. The van der Waals surface area contributed by atoms with E-state index in [1.807, 2.05) is 6.07 Å². The van der Waals surface area contributed by atoms with Crippen molar-refractivity contribution in [3.8, 4) is 10.8 Å². The molecular weight excluding hydrogens is 446 g/mol. The van der Waals surface area contributed by atoms with Crippen LogP contribution in [0, 0.1) is 5.92 Å². The molecule has 32 heavy (non-hydrogen) atoms. The Balaban J connectivity index is 1.39. The van der Waals surface area contributed by atoms with Gasteiger partial charge < -0.3 is 10.2 Å². The molecule has 1 amide bonds. The van der Waals surface area contributed by atoms with Crippen LogP contribution in [0.25, 0.3) is 21.7 Å². The molecule has 3 heterocycles. The summed E-state index contributed by atoms with van der Waals surface area (Å²) in [5, 5.41) is 9.18. The van der Waals surface area contributed by atoms with Crippen LogP contribution < -0.4 is 11.3 Å². The van der Waals surface area contributed by atoms with Crippen LogP contribution in [0.4, 0.5) is 0 Å². The van der Waals surface area contributed by atoms with Gasteiger partial charge in [0.15, 0.2) is 0 Å². The van der Waals surface area contributed by atoms with Gasteiger partial charge in [0, 0.05) is 4.88 Å². The number of hydrogen-bond donors (Lipinski definition) is 1. The fourth-order valence-electron chi connectivity index (χ4n) is 3.95. The Morgan fingerprint density at radius 3 is 3.03 bits per heavy atom. The summed E-state index contributed by atoms with van der Waals surface area (Å²) in [6, 6.07) is 9.19. The minimum absolute atomic E-state index is 0.235. The fraction of sp³-hybridized carbons (Fsp3) is 0.318. The van der Waals surface area contributed by atoms with Crippen molar-refractivity contribution in [2.75, 3.05) is 0 Å². The molecule has 0 saturated heterocycles. The smallest absolute Gasteiger partial charge is 0.277 e. The van der Waals surface area contributed by atoms with E-state index in [0.29, 0.717) is 33.8 Å². The van der Waals surface area contributed by atoms with Gasteiger partial charge in [-0.1, -0.05) is 30.8 Å². The molecule has 1 aliphatic rings. The molecule has 5 rings (SSSR count). The first-order valence-corrected chi connectivity index (χ1v) is 12.1. The van der Waals surface area contributed by atoms with Gasteiger partial charge in [-0.2, -0.15) is 0 Å². The number of nitrogens with zero attached hydrogens (tertiary/aromatic N) is 4. The Morgan fingerprint density at radius 1 is 1.34 bits per heavy atom. The third-order valence-electron chi connectivity index (χ3n) is 5.53. The third kappa shape index (κ3) is 4.07. The normalized spacial score (nSPS) is 15.7. The lowest BCUT2D eigenvalue weighted by Gasteiger charge is -2.16. The monoisotopic (exact) mass is 467 g/mol. The number of amides is 1. The number of rotatable bonds is 6. The van der Waals surface area contributed by atoms with Crippen LogP contribution in [0.1, 0.15) is 29.6 Å². The number of para-hydroxylation sites is 1. The molecular formula is C22H21N5O3S2. The minimum Gasteiger partial charge on any atom is -0.410 e. The molecule has 0 bridgehead atoms. The van der Waals surface area contributed by atoms with E-state index < -0.39 is 5.91 Å². The second kappa shape index (κ2) is 8.51. The molecule has 0 unspecified atom stereocenters. The van der Waals surface area contributed by atoms with Crippen LogP contribution >= 0.6 is 23.1 Å². The molecule has 0 aliphatic heterocycles. The zero-order chi connectivity index (χ0) is 22.2. The van der Waals surface area contributed by atoms with Crippen LogP contribution in [0.5, 0.6) is 0 Å². The summed E-state index contributed by atoms with van der Waals surface area (Å²) in [4.78, 5) is 31.4. The number of fused-ring (bicyclic) bond motifs is 2. The molecule has 3 aromatic heterocycles. The zero-order valence-corrected chi connectivity index (χ0v) is 19.0. The summed E-state index contributed by atoms with van der Waals surface area (Å²) >= 11 is 2.99. The van der Waals surface area contributed by atoms with E-state index in [1.165, 1.54) is 33.2 Å². The lowest BCUT2D eigenvalue weighted by Crippen LogP contribution is -2.31. The number of carbonyl (C=O) groups is 1. The Bertz CT molecular complexity index is 1370. The van der Waals surface area contributed by atoms with Gasteiger partial charge in [0.25, 0.3) is 16.7 Å². The van der Waals surface area contributed by atoms with E-state index in [0.717, 1.165) is 17.7 Å². The second-order valence-electron chi connectivity index (χ2n) is 7.97. The highest BCUT2D eigenvalue weighted by atomic mass is 32.2. The number of thioether (sulfide) groups is 1. The molecule has 1 atom stereocenters. The average molecular weight is 468 g/mol. The van der Waals surface area contributed by atoms with Crippen molar-refractivity contribution in [3.05, 3.63) is 57.0 Å². The lowest BCUT2D eigenvalue weighted by atomic mass is 9.90. The molecule has 2 N–H and O–H groups in total. The predicted octanol–water partition coefficient (Wildman–Crippen LogP) is 3.41. The molecule has 0 spiro atoms. The van der Waals surface area contributed by atoms with Gasteiger partial charge in [0.2, 0.25) is 5.91 Å². The van der Waals surface area contributed by atoms with Crippen LogP contribution in [0.3, 0.4) is 0 Å². The molecule has 0 radical (unpaired) electrons. The van der Waals surface area contributed by atoms with Crippen molar-refractivity contribution in [2.24, 2.45) is 11.7 Å². The van der Waals surface area contributed by atoms with E-state index >= 15 is 0 Å². The molecule has 0 saturated carbocycles. The molecule has 1 aromatic carbocycles. The van der Waals surface area contributed by atoms with Crippen molar-refractivity contribution >= 4 is 39.9 Å². The maximum absolute atomic E-state index is 12.9. The van der Waals surface area contributed by atoms with Gasteiger partial charge in [-0.3, -0.25) is 14.2 Å². The Labute approximate surface area is 191 Å². The number of aryl methyl sites for hydroxylation is 1. The number of aromatic nitrogens is 4.